The van der Waals surface area contributed by atoms with E-state index in [2.05, 4.69) is 10.3 Å². The first kappa shape index (κ1) is 30.5. The number of anilines is 2. The maximum Gasteiger partial charge on any atom is 0.360 e. The molecule has 0 spiro atoms. The van der Waals surface area contributed by atoms with Crippen LogP contribution >= 0.6 is 11.3 Å². The van der Waals surface area contributed by atoms with Gasteiger partial charge in [-0.05, 0) is 63.6 Å². The summed E-state index contributed by atoms with van der Waals surface area (Å²) in [6.45, 7) is 6.17. The third-order valence-corrected chi connectivity index (χ3v) is 8.20. The molecular formula is C26H30FN5O6S2. The zero-order valence-electron chi connectivity index (χ0n) is 22.5. The van der Waals surface area contributed by atoms with Gasteiger partial charge in [-0.25, -0.2) is 22.6 Å². The molecule has 214 valence electrons. The largest absolute Gasteiger partial charge is 0.497 e. The van der Waals surface area contributed by atoms with Gasteiger partial charge in [0.25, 0.3) is 10.0 Å². The van der Waals surface area contributed by atoms with Crippen LogP contribution in [0.5, 0.6) is 5.75 Å². The number of sulfonamides is 1. The molecule has 0 fully saturated rings. The van der Waals surface area contributed by atoms with Crippen molar-refractivity contribution in [2.24, 2.45) is 11.7 Å². The van der Waals surface area contributed by atoms with E-state index in [4.69, 9.17) is 20.6 Å². The van der Waals surface area contributed by atoms with Crippen LogP contribution in [0.4, 0.5) is 15.1 Å². The number of carbonyl (C=O) groups is 2. The highest BCUT2D eigenvalue weighted by Crippen LogP contribution is 2.34. The fourth-order valence-electron chi connectivity index (χ4n) is 3.31. The molecule has 0 aliphatic rings. The van der Waals surface area contributed by atoms with Gasteiger partial charge in [-0.15, -0.1) is 11.3 Å². The Labute approximate surface area is 235 Å². The molecule has 0 saturated carbocycles. The van der Waals surface area contributed by atoms with Gasteiger partial charge in [0.1, 0.15) is 28.0 Å². The highest BCUT2D eigenvalue weighted by molar-refractivity contribution is 7.93. The van der Waals surface area contributed by atoms with Crippen molar-refractivity contribution in [2.45, 2.75) is 44.7 Å². The number of rotatable bonds is 10. The summed E-state index contributed by atoms with van der Waals surface area (Å²) < 4.78 is 54.4. The first-order valence-corrected chi connectivity index (χ1v) is 14.2. The monoisotopic (exact) mass is 591 g/mol. The van der Waals surface area contributed by atoms with Crippen molar-refractivity contribution in [1.82, 2.24) is 4.98 Å². The van der Waals surface area contributed by atoms with E-state index in [0.717, 1.165) is 33.8 Å². The summed E-state index contributed by atoms with van der Waals surface area (Å²) >= 11 is 0.910. The van der Waals surface area contributed by atoms with Crippen molar-refractivity contribution in [3.63, 3.8) is 0 Å². The number of amides is 1. The summed E-state index contributed by atoms with van der Waals surface area (Å²) in [4.78, 5) is 28.8. The molecule has 14 heteroatoms. The highest BCUT2D eigenvalue weighted by atomic mass is 32.2. The van der Waals surface area contributed by atoms with Crippen molar-refractivity contribution in [1.29, 1.82) is 5.41 Å². The molecule has 2 aromatic carbocycles. The van der Waals surface area contributed by atoms with Crippen LogP contribution in [-0.4, -0.2) is 43.8 Å². The Hall–Kier alpha value is -4.04. The first-order chi connectivity index (χ1) is 18.6. The molecule has 0 aliphatic heterocycles. The second-order valence-corrected chi connectivity index (χ2v) is 12.4. The van der Waals surface area contributed by atoms with Crippen LogP contribution in [0.1, 0.15) is 43.7 Å². The predicted octanol–water partition coefficient (Wildman–Crippen LogP) is 4.15. The average Bonchev–Trinajstić information content (AvgIpc) is 3.36. The second-order valence-electron chi connectivity index (χ2n) is 9.68. The molecular weight excluding hydrogens is 561 g/mol. The average molecular weight is 592 g/mol. The van der Waals surface area contributed by atoms with Gasteiger partial charge in [0.15, 0.2) is 5.69 Å². The van der Waals surface area contributed by atoms with Gasteiger partial charge in [0.05, 0.1) is 35.7 Å². The summed E-state index contributed by atoms with van der Waals surface area (Å²) in [5.74, 6) is -3.43. The van der Waals surface area contributed by atoms with Crippen LogP contribution in [0.25, 0.3) is 0 Å². The molecule has 4 N–H and O–H groups in total. The molecule has 0 saturated heterocycles. The van der Waals surface area contributed by atoms with Gasteiger partial charge in [0.2, 0.25) is 5.91 Å². The normalized spacial score (nSPS) is 12.3. The molecule has 1 amide bonds. The number of ether oxygens (including phenoxy) is 2. The number of esters is 1. The van der Waals surface area contributed by atoms with E-state index in [0.29, 0.717) is 11.3 Å². The number of amidine groups is 1. The molecule has 11 nitrogen and oxygen atoms in total. The molecule has 3 rings (SSSR count). The third kappa shape index (κ3) is 7.12. The van der Waals surface area contributed by atoms with E-state index in [9.17, 15) is 18.0 Å². The molecule has 0 bridgehead atoms. The Balaban J connectivity index is 2.05. The van der Waals surface area contributed by atoms with E-state index in [-0.39, 0.29) is 22.9 Å². The number of hydrogen-bond acceptors (Lipinski definition) is 9. The minimum absolute atomic E-state index is 0.0156. The zero-order chi connectivity index (χ0) is 29.8. The predicted molar refractivity (Wildman–Crippen MR) is 150 cm³/mol. The second kappa shape index (κ2) is 12.0. The lowest BCUT2D eigenvalue weighted by molar-refractivity contribution is -0.117. The molecule has 0 radical (unpaired) electrons. The number of nitrogens with one attached hydrogen (secondary N) is 2. The van der Waals surface area contributed by atoms with E-state index in [1.54, 1.807) is 45.0 Å². The lowest BCUT2D eigenvalue weighted by Gasteiger charge is -2.25. The lowest BCUT2D eigenvalue weighted by atomic mass is 10.1. The highest BCUT2D eigenvalue weighted by Gasteiger charge is 2.33. The number of nitrogens with zero attached hydrogens (tertiary/aromatic N) is 2. The Bertz CT molecular complexity index is 1520. The van der Waals surface area contributed by atoms with Gasteiger partial charge in [-0.3, -0.25) is 14.5 Å². The van der Waals surface area contributed by atoms with Crippen LogP contribution in [0.3, 0.4) is 0 Å². The molecule has 1 atom stereocenters. The van der Waals surface area contributed by atoms with Crippen LogP contribution in [0.2, 0.25) is 0 Å². The number of methoxy groups -OCH3 is 1. The number of benzene rings is 2. The summed E-state index contributed by atoms with van der Waals surface area (Å²) in [7, 11) is -2.98. The number of halogens is 1. The van der Waals surface area contributed by atoms with Crippen molar-refractivity contribution in [2.75, 3.05) is 16.7 Å². The molecule has 3 aromatic rings. The third-order valence-electron chi connectivity index (χ3n) is 5.50. The Morgan fingerprint density at radius 1 is 1.20 bits per heavy atom. The minimum Gasteiger partial charge on any atom is -0.497 e. The number of carbonyl (C=O) groups excluding carboxylic acids is 2. The Morgan fingerprint density at radius 2 is 1.85 bits per heavy atom. The summed E-state index contributed by atoms with van der Waals surface area (Å²) in [5.41, 5.74) is 5.85. The molecule has 1 aromatic heterocycles. The van der Waals surface area contributed by atoms with E-state index < -0.39 is 50.0 Å². The fraction of sp³-hybridized carbons (Fsp3) is 0.308. The number of thiazole rings is 1. The number of nitrogens with two attached hydrogens (primary N) is 1. The van der Waals surface area contributed by atoms with Crippen LogP contribution in [0.15, 0.2) is 52.9 Å². The SMILES string of the molecule is COc1ccc(CN(c2scnc2C(=O)OC(C)(C)C)S(=O)(=O)c2ccc(NC(=O)C(C)C(=N)N)c(F)c2)cc1. The molecule has 1 heterocycles. The summed E-state index contributed by atoms with van der Waals surface area (Å²) in [6, 6.07) is 9.61. The van der Waals surface area contributed by atoms with E-state index in [1.807, 2.05) is 0 Å². The Kier molecular flexibility index (Phi) is 9.15. The molecule has 1 unspecified atom stereocenters. The van der Waals surface area contributed by atoms with Crippen molar-refractivity contribution in [3.05, 3.63) is 65.0 Å². The minimum atomic E-state index is -4.48. The van der Waals surface area contributed by atoms with Crippen LogP contribution < -0.4 is 20.1 Å². The smallest absolute Gasteiger partial charge is 0.360 e. The van der Waals surface area contributed by atoms with E-state index in [1.165, 1.54) is 19.5 Å². The van der Waals surface area contributed by atoms with Gasteiger partial charge in [0, 0.05) is 0 Å². The maximum atomic E-state index is 15.0. The Morgan fingerprint density at radius 3 is 2.40 bits per heavy atom. The van der Waals surface area contributed by atoms with Crippen LogP contribution in [-0.2, 0) is 26.1 Å². The van der Waals surface area contributed by atoms with Gasteiger partial charge in [-0.1, -0.05) is 12.1 Å². The molecule has 0 aliphatic carbocycles. The maximum absolute atomic E-state index is 15.0. The van der Waals surface area contributed by atoms with Gasteiger partial charge < -0.3 is 20.5 Å². The number of aromatic nitrogens is 1. The lowest BCUT2D eigenvalue weighted by Crippen LogP contribution is -2.33. The summed E-state index contributed by atoms with van der Waals surface area (Å²) in [5, 5.41) is 9.67. The fourth-order valence-corrected chi connectivity index (χ4v) is 5.80. The van der Waals surface area contributed by atoms with Gasteiger partial charge in [-0.2, -0.15) is 0 Å². The number of hydrogen-bond donors (Lipinski definition) is 3. The first-order valence-electron chi connectivity index (χ1n) is 11.9. The standard InChI is InChI=1S/C26H30FN5O6S2/c1-15(22(28)29)23(33)31-20-11-10-18(12-19(20)27)40(35,36)32(13-16-6-8-17(37-5)9-7-16)24-21(30-14-39-24)25(34)38-26(2,3)4/h6-12,14-15H,13H2,1-5H3,(H3,28,29)(H,31,33). The van der Waals surface area contributed by atoms with E-state index >= 15 is 4.39 Å². The quantitative estimate of drug-likeness (QED) is 0.180. The van der Waals surface area contributed by atoms with Crippen molar-refractivity contribution in [3.8, 4) is 5.75 Å². The van der Waals surface area contributed by atoms with Gasteiger partial charge >= 0.3 is 5.97 Å². The topological polar surface area (TPSA) is 165 Å². The summed E-state index contributed by atoms with van der Waals surface area (Å²) in [6.07, 6.45) is 0. The zero-order valence-corrected chi connectivity index (χ0v) is 24.2. The molecule has 40 heavy (non-hydrogen) atoms. The van der Waals surface area contributed by atoms with Crippen LogP contribution in [0, 0.1) is 17.1 Å². The van der Waals surface area contributed by atoms with Crippen molar-refractivity contribution >= 4 is 49.8 Å². The van der Waals surface area contributed by atoms with Crippen molar-refractivity contribution < 1.29 is 31.9 Å².